The number of hydrogen-bond acceptors (Lipinski definition) is 4. The zero-order chi connectivity index (χ0) is 10.7. The van der Waals surface area contributed by atoms with Gasteiger partial charge in [0, 0.05) is 27.6 Å². The molecule has 1 fully saturated rings. The smallest absolute Gasteiger partial charge is 0.0961 e. The van der Waals surface area contributed by atoms with Crippen LogP contribution in [0, 0.1) is 0 Å². The summed E-state index contributed by atoms with van der Waals surface area (Å²) in [5.41, 5.74) is 0.911. The zero-order valence-corrected chi connectivity index (χ0v) is 10.4. The molecule has 0 bridgehead atoms. The Morgan fingerprint density at radius 2 is 2.33 bits per heavy atom. The van der Waals surface area contributed by atoms with Crippen molar-refractivity contribution in [1.82, 2.24) is 0 Å². The lowest BCUT2D eigenvalue weighted by Crippen LogP contribution is -2.30. The summed E-state index contributed by atoms with van der Waals surface area (Å²) in [4.78, 5) is 0. The van der Waals surface area contributed by atoms with Gasteiger partial charge < -0.3 is 9.52 Å². The van der Waals surface area contributed by atoms with E-state index in [1.54, 1.807) is 12.5 Å². The van der Waals surface area contributed by atoms with Crippen LogP contribution in [0.4, 0.5) is 0 Å². The van der Waals surface area contributed by atoms with E-state index in [0.29, 0.717) is 10.5 Å². The van der Waals surface area contributed by atoms with E-state index >= 15 is 0 Å². The molecule has 1 N–H and O–H groups in total. The highest BCUT2D eigenvalue weighted by atomic mass is 32.2. The van der Waals surface area contributed by atoms with Crippen LogP contribution in [0.25, 0.3) is 0 Å². The van der Waals surface area contributed by atoms with E-state index in [2.05, 4.69) is 6.92 Å². The van der Waals surface area contributed by atoms with Crippen molar-refractivity contribution in [2.75, 3.05) is 11.5 Å². The van der Waals surface area contributed by atoms with E-state index < -0.39 is 0 Å². The van der Waals surface area contributed by atoms with Crippen molar-refractivity contribution < 1.29 is 9.52 Å². The maximum atomic E-state index is 10.2. The van der Waals surface area contributed by atoms with Gasteiger partial charge in [0.2, 0.25) is 0 Å². The number of furan rings is 1. The molecule has 1 aromatic heterocycles. The summed E-state index contributed by atoms with van der Waals surface area (Å²) in [6, 6.07) is 1.86. The highest BCUT2D eigenvalue weighted by molar-refractivity contribution is 8.07. The van der Waals surface area contributed by atoms with Gasteiger partial charge in [0.05, 0.1) is 18.6 Å². The molecule has 0 aromatic carbocycles. The van der Waals surface area contributed by atoms with Crippen molar-refractivity contribution in [3.63, 3.8) is 0 Å². The van der Waals surface area contributed by atoms with E-state index in [1.807, 2.05) is 29.6 Å². The Bertz CT molecular complexity index is 287. The summed E-state index contributed by atoms with van der Waals surface area (Å²) in [7, 11) is 0. The number of hydrogen-bond donors (Lipinski definition) is 1. The third kappa shape index (κ3) is 2.55. The fraction of sp³-hybridized carbons (Fsp3) is 0.636. The first-order valence-electron chi connectivity index (χ1n) is 5.26. The number of aliphatic hydroxyl groups excluding tert-OH is 1. The van der Waals surface area contributed by atoms with Gasteiger partial charge >= 0.3 is 0 Å². The molecule has 1 aliphatic rings. The number of thioether (sulfide) groups is 2. The average molecular weight is 244 g/mol. The molecule has 0 aliphatic carbocycles. The minimum absolute atomic E-state index is 0.311. The molecule has 15 heavy (non-hydrogen) atoms. The molecule has 1 aromatic rings. The Balaban J connectivity index is 2.07. The van der Waals surface area contributed by atoms with Crippen LogP contribution in [0.2, 0.25) is 0 Å². The van der Waals surface area contributed by atoms with Crippen molar-refractivity contribution in [2.45, 2.75) is 29.9 Å². The second-order valence-electron chi connectivity index (χ2n) is 3.65. The summed E-state index contributed by atoms with van der Waals surface area (Å²) in [5.74, 6) is 2.35. The average Bonchev–Trinajstić information content (AvgIpc) is 2.81. The van der Waals surface area contributed by atoms with Gasteiger partial charge in [-0.1, -0.05) is 6.92 Å². The molecule has 2 heterocycles. The fourth-order valence-corrected chi connectivity index (χ4v) is 5.00. The Morgan fingerprint density at radius 1 is 1.53 bits per heavy atom. The predicted molar refractivity (Wildman–Crippen MR) is 66.5 cm³/mol. The summed E-state index contributed by atoms with van der Waals surface area (Å²) < 4.78 is 5.02. The molecule has 0 radical (unpaired) electrons. The van der Waals surface area contributed by atoms with Gasteiger partial charge in [-0.05, 0) is 12.5 Å². The fourth-order valence-electron chi connectivity index (χ4n) is 1.86. The van der Waals surface area contributed by atoms with Gasteiger partial charge in [0.25, 0.3) is 0 Å². The quantitative estimate of drug-likeness (QED) is 0.886. The maximum Gasteiger partial charge on any atom is 0.0961 e. The molecule has 2 rings (SSSR count). The van der Waals surface area contributed by atoms with Gasteiger partial charge in [0.15, 0.2) is 0 Å². The summed E-state index contributed by atoms with van der Waals surface area (Å²) >= 11 is 3.88. The Morgan fingerprint density at radius 3 is 3.00 bits per heavy atom. The minimum Gasteiger partial charge on any atom is -0.472 e. The third-order valence-electron chi connectivity index (χ3n) is 2.69. The monoisotopic (exact) mass is 244 g/mol. The van der Waals surface area contributed by atoms with Crippen LogP contribution < -0.4 is 0 Å². The summed E-state index contributed by atoms with van der Waals surface area (Å²) in [6.07, 6.45) is 4.01. The molecule has 4 heteroatoms. The van der Waals surface area contributed by atoms with Gasteiger partial charge in [-0.3, -0.25) is 0 Å². The topological polar surface area (TPSA) is 33.4 Å². The van der Waals surface area contributed by atoms with Gasteiger partial charge in [0.1, 0.15) is 0 Å². The van der Waals surface area contributed by atoms with Crippen LogP contribution >= 0.6 is 23.5 Å². The van der Waals surface area contributed by atoms with Crippen LogP contribution in [0.5, 0.6) is 0 Å². The van der Waals surface area contributed by atoms with E-state index in [4.69, 9.17) is 4.42 Å². The second kappa shape index (κ2) is 5.32. The van der Waals surface area contributed by atoms with Crippen LogP contribution in [0.3, 0.4) is 0 Å². The minimum atomic E-state index is -0.383. The van der Waals surface area contributed by atoms with Crippen molar-refractivity contribution in [1.29, 1.82) is 0 Å². The maximum absolute atomic E-state index is 10.2. The van der Waals surface area contributed by atoms with Crippen LogP contribution in [0.1, 0.15) is 25.0 Å². The van der Waals surface area contributed by atoms with Crippen molar-refractivity contribution >= 4 is 23.5 Å². The Labute approximate surface area is 98.8 Å². The van der Waals surface area contributed by atoms with Gasteiger partial charge in [-0.15, -0.1) is 0 Å². The van der Waals surface area contributed by atoms with Crippen LogP contribution in [-0.2, 0) is 0 Å². The van der Waals surface area contributed by atoms with E-state index in [1.165, 1.54) is 5.75 Å². The predicted octanol–water partition coefficient (Wildman–Crippen LogP) is 2.94. The molecule has 1 aliphatic heterocycles. The number of rotatable bonds is 3. The van der Waals surface area contributed by atoms with Crippen LogP contribution in [0.15, 0.2) is 23.0 Å². The van der Waals surface area contributed by atoms with E-state index in [0.717, 1.165) is 17.7 Å². The SMILES string of the molecule is CCC1SCCSC1C(O)c1ccoc1. The lowest BCUT2D eigenvalue weighted by atomic mass is 10.1. The molecule has 1 saturated heterocycles. The molecular weight excluding hydrogens is 228 g/mol. The highest BCUT2D eigenvalue weighted by Gasteiger charge is 2.32. The van der Waals surface area contributed by atoms with Gasteiger partial charge in [-0.25, -0.2) is 0 Å². The van der Waals surface area contributed by atoms with E-state index in [9.17, 15) is 5.11 Å². The lowest BCUT2D eigenvalue weighted by molar-refractivity contribution is 0.171. The summed E-state index contributed by atoms with van der Waals surface area (Å²) in [5, 5.41) is 11.1. The van der Waals surface area contributed by atoms with Crippen LogP contribution in [-0.4, -0.2) is 27.1 Å². The Hall–Kier alpha value is -0.0600. The largest absolute Gasteiger partial charge is 0.472 e. The van der Waals surface area contributed by atoms with Crippen molar-refractivity contribution in [3.05, 3.63) is 24.2 Å². The first kappa shape index (κ1) is 11.4. The molecule has 0 saturated carbocycles. The lowest BCUT2D eigenvalue weighted by Gasteiger charge is -2.32. The normalized spacial score (nSPS) is 28.9. The number of aliphatic hydroxyl groups is 1. The molecule has 3 unspecified atom stereocenters. The molecule has 3 atom stereocenters. The summed E-state index contributed by atoms with van der Waals surface area (Å²) in [6.45, 7) is 2.19. The first-order chi connectivity index (χ1) is 7.33. The van der Waals surface area contributed by atoms with E-state index in [-0.39, 0.29) is 6.10 Å². The molecular formula is C11H16O2S2. The second-order valence-corrected chi connectivity index (χ2v) is 6.29. The standard InChI is InChI=1S/C11H16O2S2/c1-2-9-11(15-6-5-14-9)10(12)8-3-4-13-7-8/h3-4,7,9-12H,2,5-6H2,1H3. The zero-order valence-electron chi connectivity index (χ0n) is 8.76. The van der Waals surface area contributed by atoms with Gasteiger partial charge in [-0.2, -0.15) is 23.5 Å². The third-order valence-corrected chi connectivity index (χ3v) is 6.03. The molecule has 0 amide bonds. The molecule has 84 valence electrons. The van der Waals surface area contributed by atoms with Crippen molar-refractivity contribution in [3.8, 4) is 0 Å². The van der Waals surface area contributed by atoms with Crippen molar-refractivity contribution in [2.24, 2.45) is 0 Å². The Kier molecular flexibility index (Phi) is 4.05. The molecule has 2 nitrogen and oxygen atoms in total. The first-order valence-corrected chi connectivity index (χ1v) is 7.36. The molecule has 0 spiro atoms. The highest BCUT2D eigenvalue weighted by Crippen LogP contribution is 2.40.